The van der Waals surface area contributed by atoms with Crippen molar-refractivity contribution in [2.45, 2.75) is 0 Å². The minimum Gasteiger partial charge on any atom is -0.456 e. The van der Waals surface area contributed by atoms with Crippen LogP contribution in [0, 0.1) is 0 Å². The number of rotatable bonds is 7. The summed E-state index contributed by atoms with van der Waals surface area (Å²) < 4.78 is 8.80. The third-order valence-corrected chi connectivity index (χ3v) is 11.9. The molecule has 0 unspecified atom stereocenters. The van der Waals surface area contributed by atoms with E-state index in [1.807, 2.05) is 48.5 Å². The number of furan rings is 1. The highest BCUT2D eigenvalue weighted by Gasteiger charge is 2.22. The molecule has 0 aliphatic heterocycles. The fourth-order valence-corrected chi connectivity index (χ4v) is 8.91. The highest BCUT2D eigenvalue weighted by molar-refractivity contribution is 6.17. The number of aromatic nitrogens is 4. The Kier molecular flexibility index (Phi) is 8.42. The van der Waals surface area contributed by atoms with Crippen molar-refractivity contribution >= 4 is 43.7 Å². The number of fused-ring (bicyclic) bond motifs is 6. The van der Waals surface area contributed by atoms with Crippen molar-refractivity contribution in [2.75, 3.05) is 0 Å². The van der Waals surface area contributed by atoms with Crippen LogP contribution in [0.4, 0.5) is 0 Å². The van der Waals surface area contributed by atoms with Crippen LogP contribution in [0.1, 0.15) is 0 Å². The fraction of sp³-hybridized carbons (Fsp3) is 0. The van der Waals surface area contributed by atoms with E-state index in [4.69, 9.17) is 19.4 Å². The predicted octanol–water partition coefficient (Wildman–Crippen LogP) is 14.9. The maximum absolute atomic E-state index is 6.43. The van der Waals surface area contributed by atoms with E-state index in [9.17, 15) is 0 Å². The largest absolute Gasteiger partial charge is 0.456 e. The molecule has 3 heterocycles. The van der Waals surface area contributed by atoms with Gasteiger partial charge in [0, 0.05) is 38.2 Å². The number of benzene rings is 9. The monoisotopic (exact) mass is 792 g/mol. The summed E-state index contributed by atoms with van der Waals surface area (Å²) in [5.74, 6) is 1.80. The SMILES string of the molecule is c1ccc(-c2nc(-c3ccccc3)nc(-c3cc(-c4ccc(-c5ccccc5)c(-c5ccccc5)c4)ccc3-n3c4ccccc4c4cc5oc6ccccc6c5cc43)n2)cc1. The van der Waals surface area contributed by atoms with E-state index < -0.39 is 0 Å². The number of hydrogen-bond acceptors (Lipinski definition) is 4. The molecule has 290 valence electrons. The molecule has 0 amide bonds. The van der Waals surface area contributed by atoms with Crippen molar-refractivity contribution in [2.24, 2.45) is 0 Å². The third kappa shape index (κ3) is 6.06. The molecule has 0 N–H and O–H groups in total. The van der Waals surface area contributed by atoms with Gasteiger partial charge < -0.3 is 8.98 Å². The van der Waals surface area contributed by atoms with E-state index >= 15 is 0 Å². The van der Waals surface area contributed by atoms with Crippen molar-refractivity contribution in [1.82, 2.24) is 19.5 Å². The van der Waals surface area contributed by atoms with Gasteiger partial charge in [-0.25, -0.2) is 15.0 Å². The van der Waals surface area contributed by atoms with Crippen molar-refractivity contribution in [3.63, 3.8) is 0 Å². The maximum atomic E-state index is 6.43. The van der Waals surface area contributed by atoms with E-state index in [-0.39, 0.29) is 0 Å². The first-order valence-electron chi connectivity index (χ1n) is 20.8. The average Bonchev–Trinajstić information content (AvgIpc) is 3.88. The quantitative estimate of drug-likeness (QED) is 0.161. The predicted molar refractivity (Wildman–Crippen MR) is 254 cm³/mol. The Morgan fingerprint density at radius 2 is 0.806 bits per heavy atom. The molecule has 12 aromatic rings. The van der Waals surface area contributed by atoms with Crippen molar-refractivity contribution in [3.05, 3.63) is 218 Å². The van der Waals surface area contributed by atoms with Crippen LogP contribution in [-0.4, -0.2) is 19.5 Å². The summed E-state index contributed by atoms with van der Waals surface area (Å²) in [6.45, 7) is 0. The van der Waals surface area contributed by atoms with Crippen LogP contribution in [0.3, 0.4) is 0 Å². The second-order valence-corrected chi connectivity index (χ2v) is 15.6. The first-order chi connectivity index (χ1) is 30.7. The molecule has 0 fully saturated rings. The maximum Gasteiger partial charge on any atom is 0.166 e. The van der Waals surface area contributed by atoms with Crippen LogP contribution in [0.2, 0.25) is 0 Å². The molecule has 0 radical (unpaired) electrons. The molecule has 0 bridgehead atoms. The third-order valence-electron chi connectivity index (χ3n) is 11.9. The standard InChI is InChI=1S/C57H36N4O/c1-5-17-37(18-6-1)43-31-29-41(33-46(43)38-19-7-2-8-20-38)42-30-32-51(49(34-42)57-59-55(39-21-9-3-10-22-39)58-56(60-57)40-23-11-4-12-24-40)61-50-27-15-13-25-44(50)47-36-54-48(35-52(47)61)45-26-14-16-28-53(45)62-54/h1-36H. The molecule has 9 aromatic carbocycles. The molecule has 62 heavy (non-hydrogen) atoms. The van der Waals surface area contributed by atoms with Crippen LogP contribution < -0.4 is 0 Å². The van der Waals surface area contributed by atoms with Gasteiger partial charge in [-0.2, -0.15) is 0 Å². The summed E-state index contributed by atoms with van der Waals surface area (Å²) in [6, 6.07) is 76.4. The van der Waals surface area contributed by atoms with Gasteiger partial charge in [-0.1, -0.05) is 176 Å². The lowest BCUT2D eigenvalue weighted by molar-refractivity contribution is 0.669. The Balaban J connectivity index is 1.15. The van der Waals surface area contributed by atoms with Crippen molar-refractivity contribution < 1.29 is 4.42 Å². The zero-order valence-corrected chi connectivity index (χ0v) is 33.5. The summed E-state index contributed by atoms with van der Waals surface area (Å²) in [5, 5.41) is 4.40. The minimum absolute atomic E-state index is 0.583. The minimum atomic E-state index is 0.583. The van der Waals surface area contributed by atoms with Gasteiger partial charge in [0.05, 0.1) is 16.7 Å². The van der Waals surface area contributed by atoms with Gasteiger partial charge >= 0.3 is 0 Å². The summed E-state index contributed by atoms with van der Waals surface area (Å²) in [7, 11) is 0. The highest BCUT2D eigenvalue weighted by atomic mass is 16.3. The van der Waals surface area contributed by atoms with Crippen molar-refractivity contribution in [1.29, 1.82) is 0 Å². The molecule has 3 aromatic heterocycles. The van der Waals surface area contributed by atoms with Crippen LogP contribution in [0.25, 0.3) is 117 Å². The van der Waals surface area contributed by atoms with E-state index in [0.717, 1.165) is 88.4 Å². The number of hydrogen-bond donors (Lipinski definition) is 0. The second kappa shape index (κ2) is 14.7. The lowest BCUT2D eigenvalue weighted by Gasteiger charge is -2.17. The fourth-order valence-electron chi connectivity index (χ4n) is 8.91. The van der Waals surface area contributed by atoms with Gasteiger partial charge in [0.25, 0.3) is 0 Å². The van der Waals surface area contributed by atoms with Crippen LogP contribution in [-0.2, 0) is 0 Å². The molecule has 0 saturated carbocycles. The summed E-state index contributed by atoms with van der Waals surface area (Å²) in [4.78, 5) is 15.7. The van der Waals surface area contributed by atoms with E-state index in [2.05, 4.69) is 174 Å². The topological polar surface area (TPSA) is 56.7 Å². The molecule has 5 heteroatoms. The molecule has 12 rings (SSSR count). The van der Waals surface area contributed by atoms with E-state index in [1.165, 1.54) is 11.1 Å². The van der Waals surface area contributed by atoms with E-state index in [1.54, 1.807) is 0 Å². The molecular weight excluding hydrogens is 757 g/mol. The van der Waals surface area contributed by atoms with Gasteiger partial charge in [0.1, 0.15) is 11.2 Å². The van der Waals surface area contributed by atoms with Crippen LogP contribution in [0.5, 0.6) is 0 Å². The molecule has 0 aliphatic rings. The summed E-state index contributed by atoms with van der Waals surface area (Å²) >= 11 is 0. The molecule has 0 atom stereocenters. The van der Waals surface area contributed by atoms with Gasteiger partial charge in [0.15, 0.2) is 17.5 Å². The lowest BCUT2D eigenvalue weighted by atomic mass is 9.90. The summed E-state index contributed by atoms with van der Waals surface area (Å²) in [6.07, 6.45) is 0. The molecule has 0 saturated heterocycles. The molecule has 0 aliphatic carbocycles. The Morgan fingerprint density at radius 1 is 0.290 bits per heavy atom. The first-order valence-corrected chi connectivity index (χ1v) is 20.8. The normalized spacial score (nSPS) is 11.5. The Morgan fingerprint density at radius 3 is 1.47 bits per heavy atom. The number of nitrogens with zero attached hydrogens (tertiary/aromatic N) is 4. The van der Waals surface area contributed by atoms with E-state index in [0.29, 0.717) is 17.5 Å². The lowest BCUT2D eigenvalue weighted by Crippen LogP contribution is -2.04. The molecular formula is C57H36N4O. The number of para-hydroxylation sites is 2. The van der Waals surface area contributed by atoms with Crippen LogP contribution in [0.15, 0.2) is 223 Å². The van der Waals surface area contributed by atoms with Gasteiger partial charge in [-0.15, -0.1) is 0 Å². The smallest absolute Gasteiger partial charge is 0.166 e. The Bertz CT molecular complexity index is 3560. The first kappa shape index (κ1) is 35.5. The molecule has 5 nitrogen and oxygen atoms in total. The Hall–Kier alpha value is -8.41. The zero-order valence-electron chi connectivity index (χ0n) is 33.5. The zero-order chi connectivity index (χ0) is 41.0. The van der Waals surface area contributed by atoms with Gasteiger partial charge in [-0.3, -0.25) is 0 Å². The van der Waals surface area contributed by atoms with Crippen molar-refractivity contribution in [3.8, 4) is 73.2 Å². The molecule has 0 spiro atoms. The Labute approximate surface area is 357 Å². The highest BCUT2D eigenvalue weighted by Crippen LogP contribution is 2.42. The average molecular weight is 793 g/mol. The second-order valence-electron chi connectivity index (χ2n) is 15.6. The van der Waals surface area contributed by atoms with Gasteiger partial charge in [0.2, 0.25) is 0 Å². The summed E-state index contributed by atoms with van der Waals surface area (Å²) in [5.41, 5.74) is 14.4. The van der Waals surface area contributed by atoms with Crippen LogP contribution >= 0.6 is 0 Å². The van der Waals surface area contributed by atoms with Gasteiger partial charge in [-0.05, 0) is 75.8 Å².